The molecule has 2 N–H and O–H groups in total. The van der Waals surface area contributed by atoms with Crippen LogP contribution < -0.4 is 14.8 Å². The zero-order valence-electron chi connectivity index (χ0n) is 17.8. The molecule has 0 aromatic heterocycles. The van der Waals surface area contributed by atoms with E-state index in [1.807, 2.05) is 38.1 Å². The third kappa shape index (κ3) is 5.64. The fourth-order valence-electron chi connectivity index (χ4n) is 3.07. The normalized spacial score (nSPS) is 12.1. The van der Waals surface area contributed by atoms with E-state index in [2.05, 4.69) is 10.0 Å². The van der Waals surface area contributed by atoms with Crippen molar-refractivity contribution >= 4 is 21.6 Å². The van der Waals surface area contributed by atoms with Crippen LogP contribution in [0, 0.1) is 13.8 Å². The van der Waals surface area contributed by atoms with Gasteiger partial charge < -0.3 is 10.1 Å². The van der Waals surface area contributed by atoms with E-state index >= 15 is 0 Å². The number of ether oxygens (including phenoxy) is 1. The first-order valence-corrected chi connectivity index (χ1v) is 11.4. The Kier molecular flexibility index (Phi) is 6.97. The minimum Gasteiger partial charge on any atom is -0.491 e. The first kappa shape index (κ1) is 22.4. The Balaban J connectivity index is 1.69. The van der Waals surface area contributed by atoms with Crippen molar-refractivity contribution in [2.75, 3.05) is 11.3 Å². The van der Waals surface area contributed by atoms with Crippen LogP contribution in [-0.2, 0) is 10.0 Å². The topological polar surface area (TPSA) is 84.5 Å². The maximum absolute atomic E-state index is 12.8. The highest BCUT2D eigenvalue weighted by atomic mass is 32.2. The number of nitrogens with one attached hydrogen (secondary N) is 2. The van der Waals surface area contributed by atoms with Gasteiger partial charge in [-0.05, 0) is 62.2 Å². The van der Waals surface area contributed by atoms with Crippen molar-refractivity contribution in [3.8, 4) is 5.75 Å². The van der Waals surface area contributed by atoms with E-state index in [1.54, 1.807) is 43.3 Å². The molecule has 0 spiro atoms. The monoisotopic (exact) mass is 438 g/mol. The van der Waals surface area contributed by atoms with Crippen molar-refractivity contribution in [3.63, 3.8) is 0 Å². The lowest BCUT2D eigenvalue weighted by molar-refractivity contribution is 0.0926. The molecule has 1 amide bonds. The van der Waals surface area contributed by atoms with Gasteiger partial charge >= 0.3 is 0 Å². The number of carbonyl (C=O) groups excluding carboxylic acids is 1. The zero-order chi connectivity index (χ0) is 22.4. The van der Waals surface area contributed by atoms with Crippen molar-refractivity contribution in [2.45, 2.75) is 31.7 Å². The number of amides is 1. The molecule has 7 heteroatoms. The van der Waals surface area contributed by atoms with Crippen LogP contribution in [0.2, 0.25) is 0 Å². The number of benzene rings is 3. The van der Waals surface area contributed by atoms with E-state index in [0.717, 1.165) is 11.3 Å². The summed E-state index contributed by atoms with van der Waals surface area (Å²) in [6, 6.07) is 20.5. The molecule has 0 bridgehead atoms. The number of hydrogen-bond donors (Lipinski definition) is 2. The summed E-state index contributed by atoms with van der Waals surface area (Å²) >= 11 is 0. The molecule has 0 heterocycles. The summed E-state index contributed by atoms with van der Waals surface area (Å²) in [4.78, 5) is 13.0. The van der Waals surface area contributed by atoms with Crippen LogP contribution in [0.4, 0.5) is 5.69 Å². The maximum Gasteiger partial charge on any atom is 0.261 e. The molecule has 0 radical (unpaired) electrons. The van der Waals surface area contributed by atoms with Gasteiger partial charge in [-0.3, -0.25) is 9.52 Å². The lowest BCUT2D eigenvalue weighted by Gasteiger charge is -2.18. The van der Waals surface area contributed by atoms with Gasteiger partial charge in [0, 0.05) is 5.56 Å². The SMILES string of the molecule is Cc1ccccc1OCC(C)NC(=O)c1cccc(NS(=O)(=O)c2ccccc2)c1C. The summed E-state index contributed by atoms with van der Waals surface area (Å²) in [5.41, 5.74) is 2.33. The average Bonchev–Trinajstić information content (AvgIpc) is 2.75. The molecule has 31 heavy (non-hydrogen) atoms. The number of hydrogen-bond acceptors (Lipinski definition) is 4. The molecule has 0 aliphatic carbocycles. The predicted octanol–water partition coefficient (Wildman–Crippen LogP) is 4.30. The molecular formula is C24H26N2O4S. The van der Waals surface area contributed by atoms with Gasteiger partial charge in [0.05, 0.1) is 16.6 Å². The predicted molar refractivity (Wildman–Crippen MR) is 122 cm³/mol. The number of rotatable bonds is 8. The first-order chi connectivity index (χ1) is 14.8. The molecule has 3 aromatic carbocycles. The number of para-hydroxylation sites is 1. The van der Waals surface area contributed by atoms with Crippen molar-refractivity contribution in [1.82, 2.24) is 5.32 Å². The number of aryl methyl sites for hydroxylation is 1. The molecule has 3 rings (SSSR count). The molecule has 0 saturated heterocycles. The molecule has 162 valence electrons. The van der Waals surface area contributed by atoms with Gasteiger partial charge in [0.25, 0.3) is 15.9 Å². The third-order valence-corrected chi connectivity index (χ3v) is 6.22. The minimum absolute atomic E-state index is 0.159. The van der Waals surface area contributed by atoms with Gasteiger partial charge in [0.2, 0.25) is 0 Å². The quantitative estimate of drug-likeness (QED) is 0.549. The Hall–Kier alpha value is -3.32. The highest BCUT2D eigenvalue weighted by Crippen LogP contribution is 2.23. The lowest BCUT2D eigenvalue weighted by Crippen LogP contribution is -2.37. The third-order valence-electron chi connectivity index (χ3n) is 4.84. The lowest BCUT2D eigenvalue weighted by atomic mass is 10.1. The fraction of sp³-hybridized carbons (Fsp3) is 0.208. The number of anilines is 1. The van der Waals surface area contributed by atoms with E-state index in [9.17, 15) is 13.2 Å². The van der Waals surface area contributed by atoms with Gasteiger partial charge in [-0.2, -0.15) is 0 Å². The van der Waals surface area contributed by atoms with E-state index in [1.165, 1.54) is 12.1 Å². The van der Waals surface area contributed by atoms with E-state index in [0.29, 0.717) is 23.4 Å². The van der Waals surface area contributed by atoms with Gasteiger partial charge in [0.1, 0.15) is 12.4 Å². The Bertz CT molecular complexity index is 1160. The molecule has 0 aliphatic rings. The number of carbonyl (C=O) groups is 1. The molecular weight excluding hydrogens is 412 g/mol. The van der Waals surface area contributed by atoms with Gasteiger partial charge in [0.15, 0.2) is 0 Å². The largest absolute Gasteiger partial charge is 0.491 e. The van der Waals surface area contributed by atoms with Crippen LogP contribution in [0.3, 0.4) is 0 Å². The molecule has 3 aromatic rings. The summed E-state index contributed by atoms with van der Waals surface area (Å²) < 4.78 is 33.6. The fourth-order valence-corrected chi connectivity index (χ4v) is 4.22. The van der Waals surface area contributed by atoms with Crippen LogP contribution >= 0.6 is 0 Å². The van der Waals surface area contributed by atoms with E-state index in [-0.39, 0.29) is 16.8 Å². The summed E-state index contributed by atoms with van der Waals surface area (Å²) in [7, 11) is -3.75. The summed E-state index contributed by atoms with van der Waals surface area (Å²) in [5.74, 6) is 0.483. The van der Waals surface area contributed by atoms with Gasteiger partial charge in [-0.1, -0.05) is 42.5 Å². The maximum atomic E-state index is 12.8. The minimum atomic E-state index is -3.75. The zero-order valence-corrected chi connectivity index (χ0v) is 18.6. The Morgan fingerprint density at radius 3 is 2.32 bits per heavy atom. The molecule has 1 atom stereocenters. The highest BCUT2D eigenvalue weighted by Gasteiger charge is 2.19. The molecule has 6 nitrogen and oxygen atoms in total. The first-order valence-electron chi connectivity index (χ1n) is 9.94. The van der Waals surface area contributed by atoms with Crippen molar-refractivity contribution < 1.29 is 17.9 Å². The Morgan fingerprint density at radius 1 is 0.935 bits per heavy atom. The van der Waals surface area contributed by atoms with Crippen molar-refractivity contribution in [2.24, 2.45) is 0 Å². The van der Waals surface area contributed by atoms with Crippen LogP contribution in [0.5, 0.6) is 5.75 Å². The second-order valence-corrected chi connectivity index (χ2v) is 9.03. The van der Waals surface area contributed by atoms with Crippen LogP contribution in [-0.4, -0.2) is 27.0 Å². The summed E-state index contributed by atoms with van der Waals surface area (Å²) in [5, 5.41) is 2.91. The van der Waals surface area contributed by atoms with Gasteiger partial charge in [-0.25, -0.2) is 8.42 Å². The van der Waals surface area contributed by atoms with Crippen LogP contribution in [0.25, 0.3) is 0 Å². The molecule has 1 unspecified atom stereocenters. The average molecular weight is 439 g/mol. The molecule has 0 saturated carbocycles. The van der Waals surface area contributed by atoms with Crippen LogP contribution in [0.15, 0.2) is 77.7 Å². The molecule has 0 aliphatic heterocycles. The van der Waals surface area contributed by atoms with E-state index in [4.69, 9.17) is 4.74 Å². The molecule has 0 fully saturated rings. The Morgan fingerprint density at radius 2 is 1.61 bits per heavy atom. The smallest absolute Gasteiger partial charge is 0.261 e. The second-order valence-electron chi connectivity index (χ2n) is 7.35. The van der Waals surface area contributed by atoms with Crippen molar-refractivity contribution in [3.05, 3.63) is 89.5 Å². The van der Waals surface area contributed by atoms with Crippen LogP contribution in [0.1, 0.15) is 28.4 Å². The second kappa shape index (κ2) is 9.66. The van der Waals surface area contributed by atoms with Gasteiger partial charge in [-0.15, -0.1) is 0 Å². The van der Waals surface area contributed by atoms with E-state index < -0.39 is 10.0 Å². The summed E-state index contributed by atoms with van der Waals surface area (Å²) in [6.07, 6.45) is 0. The number of sulfonamides is 1. The highest BCUT2D eigenvalue weighted by molar-refractivity contribution is 7.92. The van der Waals surface area contributed by atoms with Crippen molar-refractivity contribution in [1.29, 1.82) is 0 Å². The standard InChI is InChI=1S/C24H26N2O4S/c1-17-10-7-8-15-23(17)30-16-18(2)25-24(27)21-13-9-14-22(19(21)3)26-31(28,29)20-11-5-4-6-12-20/h4-15,18,26H,16H2,1-3H3,(H,25,27). The summed E-state index contributed by atoms with van der Waals surface area (Å²) in [6.45, 7) is 5.85. The Labute approximate surface area is 183 Å².